The molecular formula is C21H15N3O4. The molecule has 7 nitrogen and oxygen atoms in total. The first-order valence-electron chi connectivity index (χ1n) is 8.50. The van der Waals surface area contributed by atoms with Crippen molar-refractivity contribution in [3.05, 3.63) is 93.3 Å². The number of hydrogen-bond acceptors (Lipinski definition) is 5. The molecule has 0 aliphatic heterocycles. The maximum absolute atomic E-state index is 13.3. The van der Waals surface area contributed by atoms with Crippen LogP contribution in [0.4, 0.5) is 5.69 Å². The van der Waals surface area contributed by atoms with E-state index >= 15 is 0 Å². The Bertz CT molecular complexity index is 1250. The third-order valence-corrected chi connectivity index (χ3v) is 4.44. The highest BCUT2D eigenvalue weighted by atomic mass is 16.6. The van der Waals surface area contributed by atoms with Crippen LogP contribution in [0.5, 0.6) is 5.75 Å². The summed E-state index contributed by atoms with van der Waals surface area (Å²) < 4.78 is 6.91. The molecule has 1 heterocycles. The van der Waals surface area contributed by atoms with Gasteiger partial charge in [0.15, 0.2) is 0 Å². The van der Waals surface area contributed by atoms with Crippen molar-refractivity contribution >= 4 is 16.6 Å². The first-order valence-corrected chi connectivity index (χ1v) is 8.50. The van der Waals surface area contributed by atoms with Crippen molar-refractivity contribution in [2.24, 2.45) is 0 Å². The van der Waals surface area contributed by atoms with Gasteiger partial charge in [0.1, 0.15) is 11.6 Å². The maximum atomic E-state index is 13.3. The van der Waals surface area contributed by atoms with E-state index < -0.39 is 4.92 Å². The molecule has 4 aromatic rings. The van der Waals surface area contributed by atoms with Crippen molar-refractivity contribution in [3.63, 3.8) is 0 Å². The van der Waals surface area contributed by atoms with E-state index in [0.717, 1.165) is 0 Å². The number of para-hydroxylation sites is 3. The van der Waals surface area contributed by atoms with E-state index in [2.05, 4.69) is 4.98 Å². The molecule has 0 saturated heterocycles. The summed E-state index contributed by atoms with van der Waals surface area (Å²) in [6.07, 6.45) is 0. The lowest BCUT2D eigenvalue weighted by Crippen LogP contribution is -2.22. The molecule has 4 rings (SSSR count). The summed E-state index contributed by atoms with van der Waals surface area (Å²) in [6.45, 7) is 0. The molecule has 28 heavy (non-hydrogen) atoms. The molecule has 0 fully saturated rings. The van der Waals surface area contributed by atoms with Gasteiger partial charge in [0.25, 0.3) is 11.2 Å². The number of non-ortho nitro benzene ring substituents is 1. The lowest BCUT2D eigenvalue weighted by molar-refractivity contribution is -0.384. The van der Waals surface area contributed by atoms with Crippen LogP contribution in [0.3, 0.4) is 0 Å². The molecule has 0 unspecified atom stereocenters. The number of methoxy groups -OCH3 is 1. The van der Waals surface area contributed by atoms with Crippen molar-refractivity contribution in [3.8, 4) is 22.8 Å². The fourth-order valence-corrected chi connectivity index (χ4v) is 3.10. The Balaban J connectivity index is 2.07. The van der Waals surface area contributed by atoms with Crippen LogP contribution in [-0.4, -0.2) is 21.6 Å². The van der Waals surface area contributed by atoms with Gasteiger partial charge in [0.2, 0.25) is 0 Å². The highest BCUT2D eigenvalue weighted by Crippen LogP contribution is 2.28. The van der Waals surface area contributed by atoms with Gasteiger partial charge >= 0.3 is 0 Å². The summed E-state index contributed by atoms with van der Waals surface area (Å²) >= 11 is 0. The zero-order valence-corrected chi connectivity index (χ0v) is 14.9. The Morgan fingerprint density at radius 1 is 0.964 bits per heavy atom. The van der Waals surface area contributed by atoms with Gasteiger partial charge in [0.05, 0.1) is 28.6 Å². The molecule has 0 amide bonds. The van der Waals surface area contributed by atoms with Gasteiger partial charge in [-0.05, 0) is 36.4 Å². The molecule has 7 heteroatoms. The monoisotopic (exact) mass is 373 g/mol. The van der Waals surface area contributed by atoms with Crippen LogP contribution >= 0.6 is 0 Å². The fraction of sp³-hybridized carbons (Fsp3) is 0.0476. The molecule has 0 radical (unpaired) electrons. The lowest BCUT2D eigenvalue weighted by atomic mass is 10.1. The van der Waals surface area contributed by atoms with Gasteiger partial charge in [-0.2, -0.15) is 0 Å². The molecular weight excluding hydrogens is 358 g/mol. The van der Waals surface area contributed by atoms with Gasteiger partial charge in [-0.3, -0.25) is 19.5 Å². The lowest BCUT2D eigenvalue weighted by Gasteiger charge is -2.16. The fourth-order valence-electron chi connectivity index (χ4n) is 3.10. The number of nitro benzene ring substituents is 1. The van der Waals surface area contributed by atoms with Crippen LogP contribution in [0.1, 0.15) is 0 Å². The van der Waals surface area contributed by atoms with Gasteiger partial charge in [-0.25, -0.2) is 4.98 Å². The molecule has 138 valence electrons. The highest BCUT2D eigenvalue weighted by molar-refractivity contribution is 5.81. The zero-order valence-electron chi connectivity index (χ0n) is 14.9. The standard InChI is InChI=1S/C21H15N3O4/c1-28-19-9-5-4-8-18(19)23-20(14-10-12-15(13-11-14)24(26)27)22-17-7-3-2-6-16(17)21(23)25/h2-13H,1H3. The largest absolute Gasteiger partial charge is 0.495 e. The van der Waals surface area contributed by atoms with Crippen molar-refractivity contribution in [2.45, 2.75) is 0 Å². The van der Waals surface area contributed by atoms with Crippen LogP contribution < -0.4 is 10.3 Å². The molecule has 0 spiro atoms. The Hall–Kier alpha value is -4.00. The predicted molar refractivity (Wildman–Crippen MR) is 106 cm³/mol. The van der Waals surface area contributed by atoms with Crippen LogP contribution in [0, 0.1) is 10.1 Å². The van der Waals surface area contributed by atoms with Crippen LogP contribution in [0.25, 0.3) is 28.0 Å². The third-order valence-electron chi connectivity index (χ3n) is 4.44. The summed E-state index contributed by atoms with van der Waals surface area (Å²) in [5, 5.41) is 11.4. The average Bonchev–Trinajstić information content (AvgIpc) is 2.74. The second-order valence-electron chi connectivity index (χ2n) is 6.07. The van der Waals surface area contributed by atoms with Gasteiger partial charge in [-0.1, -0.05) is 24.3 Å². The molecule has 0 aliphatic rings. The summed E-state index contributed by atoms with van der Waals surface area (Å²) in [7, 11) is 1.53. The van der Waals surface area contributed by atoms with E-state index in [1.165, 1.54) is 23.8 Å². The second kappa shape index (κ2) is 6.96. The minimum Gasteiger partial charge on any atom is -0.495 e. The van der Waals surface area contributed by atoms with E-state index in [9.17, 15) is 14.9 Å². The Morgan fingerprint density at radius 2 is 1.64 bits per heavy atom. The van der Waals surface area contributed by atoms with Crippen LogP contribution in [0.2, 0.25) is 0 Å². The quantitative estimate of drug-likeness (QED) is 0.399. The Labute approximate surface area is 159 Å². The number of hydrogen-bond donors (Lipinski definition) is 0. The zero-order chi connectivity index (χ0) is 19.7. The van der Waals surface area contributed by atoms with E-state index in [0.29, 0.717) is 33.7 Å². The normalized spacial score (nSPS) is 10.8. The van der Waals surface area contributed by atoms with E-state index in [1.807, 2.05) is 12.1 Å². The summed E-state index contributed by atoms with van der Waals surface area (Å²) in [5.41, 5.74) is 1.40. The number of benzene rings is 3. The minimum absolute atomic E-state index is 0.0317. The van der Waals surface area contributed by atoms with E-state index in [-0.39, 0.29) is 11.2 Å². The Kier molecular flexibility index (Phi) is 4.33. The number of rotatable bonds is 4. The number of fused-ring (bicyclic) bond motifs is 1. The molecule has 3 aromatic carbocycles. The highest BCUT2D eigenvalue weighted by Gasteiger charge is 2.17. The smallest absolute Gasteiger partial charge is 0.269 e. The number of ether oxygens (including phenoxy) is 1. The van der Waals surface area contributed by atoms with Crippen LogP contribution in [-0.2, 0) is 0 Å². The Morgan fingerprint density at radius 3 is 2.36 bits per heavy atom. The number of nitro groups is 1. The molecule has 1 aromatic heterocycles. The third kappa shape index (κ3) is 2.88. The average molecular weight is 373 g/mol. The SMILES string of the molecule is COc1ccccc1-n1c(-c2ccc([N+](=O)[O-])cc2)nc2ccccc2c1=O. The summed E-state index contributed by atoms with van der Waals surface area (Å²) in [5.74, 6) is 0.896. The first-order chi connectivity index (χ1) is 13.6. The van der Waals surface area contributed by atoms with Gasteiger partial charge in [-0.15, -0.1) is 0 Å². The predicted octanol–water partition coefficient (Wildman–Crippen LogP) is 3.97. The molecule has 0 bridgehead atoms. The first kappa shape index (κ1) is 17.4. The van der Waals surface area contributed by atoms with Crippen molar-refractivity contribution < 1.29 is 9.66 Å². The second-order valence-corrected chi connectivity index (χ2v) is 6.07. The van der Waals surface area contributed by atoms with Gasteiger partial charge < -0.3 is 4.74 Å². The van der Waals surface area contributed by atoms with Crippen molar-refractivity contribution in [2.75, 3.05) is 7.11 Å². The molecule has 0 saturated carbocycles. The maximum Gasteiger partial charge on any atom is 0.269 e. The van der Waals surface area contributed by atoms with Crippen molar-refractivity contribution in [1.29, 1.82) is 0 Å². The molecule has 0 aliphatic carbocycles. The summed E-state index contributed by atoms with van der Waals surface area (Å²) in [4.78, 5) is 28.5. The number of aromatic nitrogens is 2. The van der Waals surface area contributed by atoms with E-state index in [1.54, 1.807) is 48.5 Å². The molecule has 0 atom stereocenters. The van der Waals surface area contributed by atoms with Crippen molar-refractivity contribution in [1.82, 2.24) is 9.55 Å². The molecule has 0 N–H and O–H groups in total. The van der Waals surface area contributed by atoms with Gasteiger partial charge in [0, 0.05) is 17.7 Å². The number of nitrogens with zero attached hydrogens (tertiary/aromatic N) is 3. The van der Waals surface area contributed by atoms with E-state index in [4.69, 9.17) is 4.74 Å². The van der Waals surface area contributed by atoms with Crippen LogP contribution in [0.15, 0.2) is 77.6 Å². The summed E-state index contributed by atoms with van der Waals surface area (Å²) in [6, 6.07) is 20.2. The topological polar surface area (TPSA) is 87.3 Å². The minimum atomic E-state index is -0.467.